The number of hydrogen-bond acceptors (Lipinski definition) is 6. The van der Waals surface area contributed by atoms with Gasteiger partial charge in [-0.05, 0) is 73.7 Å². The number of nitrogens with one attached hydrogen (secondary N) is 2. The third-order valence-electron chi connectivity index (χ3n) is 6.54. The predicted molar refractivity (Wildman–Crippen MR) is 131 cm³/mol. The second-order valence-corrected chi connectivity index (χ2v) is 9.34. The zero-order valence-electron chi connectivity index (χ0n) is 19.1. The van der Waals surface area contributed by atoms with Crippen molar-refractivity contribution in [2.24, 2.45) is 0 Å². The van der Waals surface area contributed by atoms with E-state index in [-0.39, 0.29) is 11.6 Å². The maximum atomic E-state index is 13.3. The van der Waals surface area contributed by atoms with Crippen LogP contribution in [0.1, 0.15) is 41.9 Å². The Kier molecular flexibility index (Phi) is 6.80. The van der Waals surface area contributed by atoms with Gasteiger partial charge in [-0.2, -0.15) is 13.2 Å². The monoisotopic (exact) mass is 502 g/mol. The van der Waals surface area contributed by atoms with Crippen LogP contribution in [-0.4, -0.2) is 41.1 Å². The van der Waals surface area contributed by atoms with E-state index in [1.54, 1.807) is 6.20 Å². The molecule has 0 aliphatic carbocycles. The van der Waals surface area contributed by atoms with Crippen molar-refractivity contribution in [3.8, 4) is 11.4 Å². The summed E-state index contributed by atoms with van der Waals surface area (Å²) in [5, 5.41) is 6.93. The Morgan fingerprint density at radius 2 is 1.83 bits per heavy atom. The van der Waals surface area contributed by atoms with Crippen LogP contribution in [0.25, 0.3) is 11.4 Å². The summed E-state index contributed by atoms with van der Waals surface area (Å²) in [5.74, 6) is 1.69. The molecule has 35 heavy (non-hydrogen) atoms. The fraction of sp³-hybridized carbons (Fsp3) is 0.400. The molecule has 3 aromatic rings. The van der Waals surface area contributed by atoms with Crippen molar-refractivity contribution in [1.82, 2.24) is 20.3 Å². The number of rotatable bonds is 4. The normalized spacial score (nSPS) is 17.0. The number of pyridine rings is 1. The van der Waals surface area contributed by atoms with Gasteiger partial charge in [-0.15, -0.1) is 0 Å². The van der Waals surface area contributed by atoms with E-state index in [2.05, 4.69) is 26.7 Å². The molecule has 2 aliphatic rings. The number of fused-ring (bicyclic) bond motifs is 1. The van der Waals surface area contributed by atoms with Gasteiger partial charge in [-0.25, -0.2) is 9.97 Å². The largest absolute Gasteiger partial charge is 0.416 e. The quantitative estimate of drug-likeness (QED) is 0.491. The van der Waals surface area contributed by atoms with Crippen LogP contribution in [0.5, 0.6) is 0 Å². The SMILES string of the molecule is FC(F)(F)c1ccc(Cl)c(CN2CCCNc3ncc(-c4ccc(C5CCNCC5)cn4)nc32)c1. The van der Waals surface area contributed by atoms with Crippen molar-refractivity contribution in [3.05, 3.63) is 64.4 Å². The topological polar surface area (TPSA) is 66.0 Å². The van der Waals surface area contributed by atoms with Gasteiger partial charge in [0.2, 0.25) is 0 Å². The maximum absolute atomic E-state index is 13.3. The minimum absolute atomic E-state index is 0.192. The van der Waals surface area contributed by atoms with Gasteiger partial charge in [-0.3, -0.25) is 4.98 Å². The number of nitrogens with zero attached hydrogens (tertiary/aromatic N) is 4. The number of aromatic nitrogens is 3. The van der Waals surface area contributed by atoms with Gasteiger partial charge in [0.15, 0.2) is 11.6 Å². The van der Waals surface area contributed by atoms with E-state index in [9.17, 15) is 13.2 Å². The van der Waals surface area contributed by atoms with E-state index < -0.39 is 11.7 Å². The average Bonchev–Trinajstić information content (AvgIpc) is 3.07. The van der Waals surface area contributed by atoms with E-state index in [1.807, 2.05) is 17.2 Å². The minimum atomic E-state index is -4.43. The molecular formula is C25H26ClF3N6. The first-order valence-corrected chi connectivity index (χ1v) is 12.1. The molecular weight excluding hydrogens is 477 g/mol. The molecule has 5 rings (SSSR count). The molecule has 10 heteroatoms. The van der Waals surface area contributed by atoms with E-state index in [0.717, 1.165) is 44.5 Å². The zero-order chi connectivity index (χ0) is 24.4. The Bertz CT molecular complexity index is 1180. The van der Waals surface area contributed by atoms with Crippen LogP contribution in [0.4, 0.5) is 24.8 Å². The van der Waals surface area contributed by atoms with Crippen LogP contribution < -0.4 is 15.5 Å². The van der Waals surface area contributed by atoms with Gasteiger partial charge < -0.3 is 15.5 Å². The molecule has 184 valence electrons. The molecule has 2 N–H and O–H groups in total. The Morgan fingerprint density at radius 1 is 1.00 bits per heavy atom. The van der Waals surface area contributed by atoms with E-state index in [1.165, 1.54) is 11.6 Å². The van der Waals surface area contributed by atoms with Crippen molar-refractivity contribution in [1.29, 1.82) is 0 Å². The summed E-state index contributed by atoms with van der Waals surface area (Å²) in [5.41, 5.74) is 2.22. The summed E-state index contributed by atoms with van der Waals surface area (Å²) in [6.45, 7) is 3.52. The lowest BCUT2D eigenvalue weighted by Gasteiger charge is -2.24. The fourth-order valence-electron chi connectivity index (χ4n) is 4.62. The van der Waals surface area contributed by atoms with Crippen molar-refractivity contribution < 1.29 is 13.2 Å². The minimum Gasteiger partial charge on any atom is -0.367 e. The Morgan fingerprint density at radius 3 is 2.57 bits per heavy atom. The molecule has 0 saturated carbocycles. The van der Waals surface area contributed by atoms with Crippen LogP contribution >= 0.6 is 11.6 Å². The van der Waals surface area contributed by atoms with Crippen LogP contribution in [0.2, 0.25) is 5.02 Å². The summed E-state index contributed by atoms with van der Waals surface area (Å²) >= 11 is 6.28. The molecule has 0 amide bonds. The van der Waals surface area contributed by atoms with E-state index in [0.29, 0.717) is 47.6 Å². The van der Waals surface area contributed by atoms with Gasteiger partial charge in [0.05, 0.1) is 17.5 Å². The summed E-state index contributed by atoms with van der Waals surface area (Å²) in [6.07, 6.45) is 2.14. The molecule has 1 fully saturated rings. The van der Waals surface area contributed by atoms with Crippen molar-refractivity contribution >= 4 is 23.2 Å². The smallest absolute Gasteiger partial charge is 0.367 e. The lowest BCUT2D eigenvalue weighted by molar-refractivity contribution is -0.137. The van der Waals surface area contributed by atoms with Crippen LogP contribution in [0.15, 0.2) is 42.7 Å². The number of anilines is 2. The van der Waals surface area contributed by atoms with E-state index in [4.69, 9.17) is 16.6 Å². The first-order valence-electron chi connectivity index (χ1n) is 11.8. The first kappa shape index (κ1) is 23.8. The Hall–Kier alpha value is -2.91. The summed E-state index contributed by atoms with van der Waals surface area (Å²) in [6, 6.07) is 7.47. The maximum Gasteiger partial charge on any atom is 0.416 e. The summed E-state index contributed by atoms with van der Waals surface area (Å²) in [7, 11) is 0. The molecule has 0 bridgehead atoms. The third-order valence-corrected chi connectivity index (χ3v) is 6.91. The number of hydrogen-bond donors (Lipinski definition) is 2. The highest BCUT2D eigenvalue weighted by Crippen LogP contribution is 2.34. The molecule has 4 heterocycles. The van der Waals surface area contributed by atoms with Crippen molar-refractivity contribution in [3.63, 3.8) is 0 Å². The number of halogens is 4. The zero-order valence-corrected chi connectivity index (χ0v) is 19.8. The molecule has 1 aromatic carbocycles. The molecule has 0 spiro atoms. The van der Waals surface area contributed by atoms with Gasteiger partial charge in [-0.1, -0.05) is 17.7 Å². The van der Waals surface area contributed by atoms with Gasteiger partial charge in [0.25, 0.3) is 0 Å². The molecule has 2 aliphatic heterocycles. The second kappa shape index (κ2) is 9.99. The lowest BCUT2D eigenvalue weighted by atomic mass is 9.91. The molecule has 0 unspecified atom stereocenters. The Labute approximate surface area is 207 Å². The number of piperidine rings is 1. The Balaban J connectivity index is 1.43. The number of alkyl halides is 3. The highest BCUT2D eigenvalue weighted by Gasteiger charge is 2.31. The standard InChI is InChI=1S/C25H26ClF3N6/c26-20-4-3-19(25(27,28)29)12-18(20)15-35-11-1-8-31-23-24(35)34-22(14-33-23)21-5-2-17(13-32-21)16-6-9-30-10-7-16/h2-5,12-14,16,30H,1,6-11,15H2,(H,31,33). The highest BCUT2D eigenvalue weighted by atomic mass is 35.5. The van der Waals surface area contributed by atoms with Crippen LogP contribution in [-0.2, 0) is 12.7 Å². The first-order chi connectivity index (χ1) is 16.9. The molecule has 1 saturated heterocycles. The van der Waals surface area contributed by atoms with Crippen molar-refractivity contribution in [2.75, 3.05) is 36.4 Å². The van der Waals surface area contributed by atoms with Crippen LogP contribution in [0.3, 0.4) is 0 Å². The summed E-state index contributed by atoms with van der Waals surface area (Å²) < 4.78 is 39.8. The molecule has 6 nitrogen and oxygen atoms in total. The predicted octanol–water partition coefficient (Wildman–Crippen LogP) is 5.50. The summed E-state index contributed by atoms with van der Waals surface area (Å²) in [4.78, 5) is 16.0. The molecule has 0 radical (unpaired) electrons. The van der Waals surface area contributed by atoms with Gasteiger partial charge >= 0.3 is 6.18 Å². The van der Waals surface area contributed by atoms with Crippen LogP contribution in [0, 0.1) is 0 Å². The van der Waals surface area contributed by atoms with E-state index >= 15 is 0 Å². The van der Waals surface area contributed by atoms with Gasteiger partial charge in [0.1, 0.15) is 5.69 Å². The average molecular weight is 503 g/mol. The number of benzene rings is 1. The second-order valence-electron chi connectivity index (χ2n) is 8.93. The fourth-order valence-corrected chi connectivity index (χ4v) is 4.79. The molecule has 2 aromatic heterocycles. The van der Waals surface area contributed by atoms with Crippen molar-refractivity contribution in [2.45, 2.75) is 37.9 Å². The molecule has 0 atom stereocenters. The highest BCUT2D eigenvalue weighted by molar-refractivity contribution is 6.31. The van der Waals surface area contributed by atoms with Gasteiger partial charge in [0, 0.05) is 30.9 Å². The third kappa shape index (κ3) is 5.36. The lowest BCUT2D eigenvalue weighted by Crippen LogP contribution is -2.26.